The van der Waals surface area contributed by atoms with Crippen LogP contribution >= 0.6 is 23.2 Å². The Labute approximate surface area is 203 Å². The van der Waals surface area contributed by atoms with Crippen LogP contribution < -0.4 is 4.74 Å². The van der Waals surface area contributed by atoms with Crippen LogP contribution in [0.15, 0.2) is 30.3 Å². The number of hydrogen-bond donors (Lipinski definition) is 0. The SMILES string of the molecule is O=C(Cl)c1cc(C2CC2)c(OCC2(F)CCN(Cc3ccc(C(F)(F)F)cc3Cl)CC2)cc1F. The number of halogens is 7. The Morgan fingerprint density at radius 2 is 1.82 bits per heavy atom. The topological polar surface area (TPSA) is 29.5 Å². The van der Waals surface area contributed by atoms with E-state index < -0.39 is 28.5 Å². The van der Waals surface area contributed by atoms with Gasteiger partial charge in [-0.1, -0.05) is 17.7 Å². The molecule has 1 saturated heterocycles. The molecule has 0 aromatic heterocycles. The Balaban J connectivity index is 1.36. The van der Waals surface area contributed by atoms with Crippen molar-refractivity contribution >= 4 is 28.4 Å². The lowest BCUT2D eigenvalue weighted by Gasteiger charge is -2.36. The highest BCUT2D eigenvalue weighted by Gasteiger charge is 2.37. The van der Waals surface area contributed by atoms with E-state index in [1.54, 1.807) is 0 Å². The molecule has 0 bridgehead atoms. The van der Waals surface area contributed by atoms with Gasteiger partial charge in [0.2, 0.25) is 0 Å². The number of alkyl halides is 4. The van der Waals surface area contributed by atoms with E-state index in [1.165, 1.54) is 12.1 Å². The van der Waals surface area contributed by atoms with Crippen molar-refractivity contribution in [3.05, 3.63) is 63.4 Å². The molecule has 3 nitrogen and oxygen atoms in total. The van der Waals surface area contributed by atoms with Gasteiger partial charge in [-0.15, -0.1) is 0 Å². The number of rotatable bonds is 7. The van der Waals surface area contributed by atoms with Gasteiger partial charge < -0.3 is 4.74 Å². The fourth-order valence-corrected chi connectivity index (χ4v) is 4.50. The van der Waals surface area contributed by atoms with E-state index in [0.29, 0.717) is 30.8 Å². The highest BCUT2D eigenvalue weighted by atomic mass is 35.5. The van der Waals surface area contributed by atoms with E-state index >= 15 is 4.39 Å². The maximum Gasteiger partial charge on any atom is 0.416 e. The van der Waals surface area contributed by atoms with Crippen LogP contribution in [0.1, 0.15) is 58.6 Å². The third kappa shape index (κ3) is 5.83. The number of nitrogens with zero attached hydrogens (tertiary/aromatic N) is 1. The molecule has 2 aromatic carbocycles. The Morgan fingerprint density at radius 3 is 2.38 bits per heavy atom. The second-order valence-corrected chi connectivity index (χ2v) is 9.69. The number of piperidine rings is 1. The number of hydrogen-bond acceptors (Lipinski definition) is 3. The number of benzene rings is 2. The van der Waals surface area contributed by atoms with Crippen LogP contribution in [0.2, 0.25) is 5.02 Å². The Bertz CT molecular complexity index is 1080. The lowest BCUT2D eigenvalue weighted by Crippen LogP contribution is -2.44. The van der Waals surface area contributed by atoms with Crippen molar-refractivity contribution in [1.82, 2.24) is 4.90 Å². The van der Waals surface area contributed by atoms with Gasteiger partial charge in [0.25, 0.3) is 5.24 Å². The number of likely N-dealkylation sites (tertiary alicyclic amines) is 1. The van der Waals surface area contributed by atoms with Gasteiger partial charge in [0.1, 0.15) is 23.8 Å². The van der Waals surface area contributed by atoms with Gasteiger partial charge in [-0.2, -0.15) is 13.2 Å². The molecule has 0 unspecified atom stereocenters. The molecule has 1 aliphatic heterocycles. The largest absolute Gasteiger partial charge is 0.490 e. The minimum absolute atomic E-state index is 0.0174. The van der Waals surface area contributed by atoms with Gasteiger partial charge in [0.15, 0.2) is 0 Å². The first-order chi connectivity index (χ1) is 15.9. The molecule has 2 aliphatic rings. The predicted molar refractivity (Wildman–Crippen MR) is 119 cm³/mol. The average molecular weight is 522 g/mol. The summed E-state index contributed by atoms with van der Waals surface area (Å²) in [5.74, 6) is -0.454. The van der Waals surface area contributed by atoms with Gasteiger partial charge in [-0.05, 0) is 72.5 Å². The van der Waals surface area contributed by atoms with E-state index in [1.807, 2.05) is 4.90 Å². The lowest BCUT2D eigenvalue weighted by atomic mass is 9.93. The molecular weight excluding hydrogens is 500 g/mol. The maximum absolute atomic E-state index is 15.4. The first-order valence-corrected chi connectivity index (χ1v) is 11.6. The van der Waals surface area contributed by atoms with Gasteiger partial charge >= 0.3 is 6.18 Å². The summed E-state index contributed by atoms with van der Waals surface area (Å²) in [4.78, 5) is 13.4. The molecule has 0 radical (unpaired) electrons. The van der Waals surface area contributed by atoms with E-state index in [-0.39, 0.29) is 41.7 Å². The standard InChI is InChI=1S/C24H22Cl2F5NO2/c25-19-9-16(24(29,30)31)4-3-15(19)12-32-7-5-23(28,6-8-32)13-34-21-11-20(27)18(22(26)33)10-17(21)14-1-2-14/h3-4,9-11,14H,1-2,5-8,12-13H2. The quantitative estimate of drug-likeness (QED) is 0.286. The molecule has 1 heterocycles. The molecule has 34 heavy (non-hydrogen) atoms. The normalized spacial score (nSPS) is 18.7. The number of carbonyl (C=O) groups excluding carboxylic acids is 1. The fourth-order valence-electron chi connectivity index (χ4n) is 4.12. The molecule has 2 aromatic rings. The number of carbonyl (C=O) groups is 1. The predicted octanol–water partition coefficient (Wildman–Crippen LogP) is 7.14. The van der Waals surface area contributed by atoms with Crippen LogP contribution in [0.4, 0.5) is 22.0 Å². The van der Waals surface area contributed by atoms with Crippen molar-refractivity contribution in [2.75, 3.05) is 19.7 Å². The summed E-state index contributed by atoms with van der Waals surface area (Å²) in [6.45, 7) is 0.759. The zero-order chi connectivity index (χ0) is 24.7. The summed E-state index contributed by atoms with van der Waals surface area (Å²) in [6, 6.07) is 5.70. The maximum atomic E-state index is 15.4. The summed E-state index contributed by atoms with van der Waals surface area (Å²) in [7, 11) is 0. The Hall–Kier alpha value is -1.90. The van der Waals surface area contributed by atoms with Crippen molar-refractivity contribution in [1.29, 1.82) is 0 Å². The molecular formula is C24H22Cl2F5NO2. The van der Waals surface area contributed by atoms with Gasteiger partial charge in [0, 0.05) is 30.7 Å². The molecule has 0 N–H and O–H groups in total. The molecule has 184 valence electrons. The highest BCUT2D eigenvalue weighted by molar-refractivity contribution is 6.67. The van der Waals surface area contributed by atoms with Crippen LogP contribution in [0, 0.1) is 5.82 Å². The van der Waals surface area contributed by atoms with Gasteiger partial charge in [-0.3, -0.25) is 9.69 Å². The summed E-state index contributed by atoms with van der Waals surface area (Å²) in [6.07, 6.45) is -2.43. The smallest absolute Gasteiger partial charge is 0.416 e. The van der Waals surface area contributed by atoms with E-state index in [4.69, 9.17) is 27.9 Å². The van der Waals surface area contributed by atoms with Crippen LogP contribution in [-0.4, -0.2) is 35.5 Å². The molecule has 0 atom stereocenters. The van der Waals surface area contributed by atoms with Crippen LogP contribution in [0.3, 0.4) is 0 Å². The molecule has 0 amide bonds. The van der Waals surface area contributed by atoms with E-state index in [9.17, 15) is 22.4 Å². The monoisotopic (exact) mass is 521 g/mol. The number of ether oxygens (including phenoxy) is 1. The lowest BCUT2D eigenvalue weighted by molar-refractivity contribution is -0.137. The first kappa shape index (κ1) is 25.2. The van der Waals surface area contributed by atoms with Gasteiger partial charge in [0.05, 0.1) is 11.1 Å². The van der Waals surface area contributed by atoms with Crippen LogP contribution in [-0.2, 0) is 12.7 Å². The van der Waals surface area contributed by atoms with Crippen molar-refractivity contribution in [2.45, 2.75) is 50.0 Å². The molecule has 4 rings (SSSR count). The van der Waals surface area contributed by atoms with Gasteiger partial charge in [-0.25, -0.2) is 8.78 Å². The third-order valence-electron chi connectivity index (χ3n) is 6.34. The summed E-state index contributed by atoms with van der Waals surface area (Å²) >= 11 is 11.5. The van der Waals surface area contributed by atoms with E-state index in [0.717, 1.165) is 31.0 Å². The zero-order valence-electron chi connectivity index (χ0n) is 18.0. The second kappa shape index (κ2) is 9.63. The van der Waals surface area contributed by atoms with Crippen molar-refractivity contribution < 1.29 is 31.5 Å². The van der Waals surface area contributed by atoms with Crippen LogP contribution in [0.5, 0.6) is 5.75 Å². The molecule has 1 saturated carbocycles. The molecule has 1 aliphatic carbocycles. The fraction of sp³-hybridized carbons (Fsp3) is 0.458. The highest BCUT2D eigenvalue weighted by Crippen LogP contribution is 2.45. The second-order valence-electron chi connectivity index (χ2n) is 8.94. The zero-order valence-corrected chi connectivity index (χ0v) is 19.5. The van der Waals surface area contributed by atoms with E-state index in [2.05, 4.69) is 0 Å². The first-order valence-electron chi connectivity index (χ1n) is 10.9. The summed E-state index contributed by atoms with van der Waals surface area (Å²) < 4.78 is 73.8. The summed E-state index contributed by atoms with van der Waals surface area (Å²) in [5, 5.41) is -0.878. The Kier molecular flexibility index (Phi) is 7.14. The Morgan fingerprint density at radius 1 is 1.15 bits per heavy atom. The van der Waals surface area contributed by atoms with Crippen molar-refractivity contribution in [3.8, 4) is 5.75 Å². The average Bonchev–Trinajstić information content (AvgIpc) is 3.60. The molecule has 10 heteroatoms. The van der Waals surface area contributed by atoms with Crippen LogP contribution in [0.25, 0.3) is 0 Å². The van der Waals surface area contributed by atoms with Crippen molar-refractivity contribution in [2.24, 2.45) is 0 Å². The molecule has 0 spiro atoms. The minimum atomic E-state index is -4.47. The minimum Gasteiger partial charge on any atom is -0.490 e. The van der Waals surface area contributed by atoms with Crippen molar-refractivity contribution in [3.63, 3.8) is 0 Å². The molecule has 2 fully saturated rings. The third-order valence-corrected chi connectivity index (χ3v) is 6.90. The summed E-state index contributed by atoms with van der Waals surface area (Å²) in [5.41, 5.74) is -1.48.